The molecule has 0 spiro atoms. The average molecular weight is 526 g/mol. The molecule has 0 unspecified atom stereocenters. The third-order valence-electron chi connectivity index (χ3n) is 6.72. The van der Waals surface area contributed by atoms with E-state index in [1.165, 1.54) is 19.2 Å². The summed E-state index contributed by atoms with van der Waals surface area (Å²) in [6.07, 6.45) is 0.593. The molecule has 39 heavy (non-hydrogen) atoms. The zero-order chi connectivity index (χ0) is 27.5. The second-order valence-corrected chi connectivity index (χ2v) is 9.19. The molecule has 9 nitrogen and oxygen atoms in total. The number of nitrogens with one attached hydrogen (secondary N) is 3. The van der Waals surface area contributed by atoms with Crippen molar-refractivity contribution in [3.63, 3.8) is 0 Å². The zero-order valence-electron chi connectivity index (χ0n) is 21.4. The Morgan fingerprint density at radius 2 is 1.62 bits per heavy atom. The maximum Gasteiger partial charge on any atom is 0.407 e. The first-order chi connectivity index (χ1) is 18.9. The molecule has 1 heterocycles. The Kier molecular flexibility index (Phi) is 7.14. The highest BCUT2D eigenvalue weighted by atomic mass is 16.5. The Hall–Kier alpha value is -4.92. The van der Waals surface area contributed by atoms with Crippen molar-refractivity contribution < 1.29 is 23.9 Å². The van der Waals surface area contributed by atoms with Gasteiger partial charge >= 0.3 is 12.1 Å². The molecule has 1 aliphatic rings. The zero-order valence-corrected chi connectivity index (χ0v) is 21.4. The lowest BCUT2D eigenvalue weighted by atomic mass is 9.98. The number of pyridine rings is 1. The summed E-state index contributed by atoms with van der Waals surface area (Å²) in [5.74, 6) is -1.32. The number of amides is 2. The summed E-state index contributed by atoms with van der Waals surface area (Å²) in [7, 11) is 0. The summed E-state index contributed by atoms with van der Waals surface area (Å²) in [6.45, 7) is 3.45. The van der Waals surface area contributed by atoms with Gasteiger partial charge in [0, 0.05) is 28.7 Å². The van der Waals surface area contributed by atoms with Gasteiger partial charge in [-0.2, -0.15) is 0 Å². The fourth-order valence-electron chi connectivity index (χ4n) is 4.79. The lowest BCUT2D eigenvalue weighted by Crippen LogP contribution is -2.42. The number of hydrogen-bond acceptors (Lipinski definition) is 6. The van der Waals surface area contributed by atoms with Crippen LogP contribution >= 0.6 is 0 Å². The summed E-state index contributed by atoms with van der Waals surface area (Å²) in [5.41, 5.74) is 4.62. The molecule has 0 aliphatic heterocycles. The van der Waals surface area contributed by atoms with Crippen LogP contribution in [0.25, 0.3) is 22.0 Å². The first-order valence-corrected chi connectivity index (χ1v) is 12.6. The molecule has 5 rings (SSSR count). The molecular weight excluding hydrogens is 498 g/mol. The number of H-pyrrole nitrogens is 1. The summed E-state index contributed by atoms with van der Waals surface area (Å²) < 4.78 is 10.4. The van der Waals surface area contributed by atoms with Crippen molar-refractivity contribution in [1.82, 2.24) is 10.3 Å². The van der Waals surface area contributed by atoms with Crippen LogP contribution in [0.15, 0.2) is 77.7 Å². The highest BCUT2D eigenvalue weighted by Crippen LogP contribution is 2.44. The molecule has 1 atom stereocenters. The predicted octanol–water partition coefficient (Wildman–Crippen LogP) is 4.57. The van der Waals surface area contributed by atoms with E-state index in [4.69, 9.17) is 9.47 Å². The molecule has 0 radical (unpaired) electrons. The van der Waals surface area contributed by atoms with E-state index < -0.39 is 29.4 Å². The Morgan fingerprint density at radius 1 is 0.949 bits per heavy atom. The molecule has 3 aromatic carbocycles. The Bertz CT molecular complexity index is 1600. The highest BCUT2D eigenvalue weighted by molar-refractivity contribution is 5.99. The quantitative estimate of drug-likeness (QED) is 0.304. The van der Waals surface area contributed by atoms with E-state index in [-0.39, 0.29) is 30.1 Å². The number of carbonyl (C=O) groups is 3. The largest absolute Gasteiger partial charge is 0.462 e. The van der Waals surface area contributed by atoms with Crippen LogP contribution in [0.3, 0.4) is 0 Å². The predicted molar refractivity (Wildman–Crippen MR) is 147 cm³/mol. The van der Waals surface area contributed by atoms with Crippen LogP contribution in [-0.2, 0) is 14.3 Å². The minimum absolute atomic E-state index is 0.0949. The van der Waals surface area contributed by atoms with Crippen LogP contribution in [0.2, 0.25) is 0 Å². The van der Waals surface area contributed by atoms with Gasteiger partial charge in [-0.1, -0.05) is 48.5 Å². The van der Waals surface area contributed by atoms with Gasteiger partial charge in [-0.15, -0.1) is 0 Å². The van der Waals surface area contributed by atoms with E-state index in [9.17, 15) is 19.2 Å². The van der Waals surface area contributed by atoms with E-state index in [1.54, 1.807) is 19.1 Å². The molecule has 4 aromatic rings. The topological polar surface area (TPSA) is 127 Å². The number of fused-ring (bicyclic) bond motifs is 4. The average Bonchev–Trinajstić information content (AvgIpc) is 3.26. The Labute approximate surface area is 224 Å². The van der Waals surface area contributed by atoms with Gasteiger partial charge < -0.3 is 25.1 Å². The molecule has 1 aliphatic carbocycles. The van der Waals surface area contributed by atoms with Gasteiger partial charge in [0.15, 0.2) is 0 Å². The fraction of sp³-hybridized carbons (Fsp3) is 0.200. The maximum absolute atomic E-state index is 12.8. The normalized spacial score (nSPS) is 12.8. The molecule has 0 saturated carbocycles. The summed E-state index contributed by atoms with van der Waals surface area (Å²) in [6, 6.07) is 19.8. The number of alkyl carbamates (subject to hydrolysis) is 1. The molecular formula is C30H27N3O6. The molecule has 198 valence electrons. The number of ether oxygens (including phenoxy) is 2. The molecule has 1 aromatic heterocycles. The lowest BCUT2D eigenvalue weighted by molar-refractivity contribution is -0.117. The fourth-order valence-corrected chi connectivity index (χ4v) is 4.79. The van der Waals surface area contributed by atoms with Crippen LogP contribution in [-0.4, -0.2) is 42.2 Å². The van der Waals surface area contributed by atoms with E-state index in [0.717, 1.165) is 22.3 Å². The molecule has 0 fully saturated rings. The van der Waals surface area contributed by atoms with Crippen molar-refractivity contribution in [2.75, 3.05) is 18.5 Å². The number of anilines is 1. The van der Waals surface area contributed by atoms with Crippen LogP contribution < -0.4 is 16.1 Å². The molecule has 2 amide bonds. The minimum Gasteiger partial charge on any atom is -0.462 e. The second kappa shape index (κ2) is 10.8. The van der Waals surface area contributed by atoms with Gasteiger partial charge in [0.1, 0.15) is 18.2 Å². The van der Waals surface area contributed by atoms with Crippen molar-refractivity contribution in [1.29, 1.82) is 0 Å². The number of carbonyl (C=O) groups excluding carboxylic acids is 3. The van der Waals surface area contributed by atoms with Gasteiger partial charge in [-0.05, 0) is 54.3 Å². The van der Waals surface area contributed by atoms with Crippen LogP contribution in [0.4, 0.5) is 10.5 Å². The first kappa shape index (κ1) is 25.7. The van der Waals surface area contributed by atoms with Crippen LogP contribution in [0.1, 0.15) is 41.3 Å². The van der Waals surface area contributed by atoms with E-state index in [1.807, 2.05) is 36.4 Å². The SMILES string of the molecule is CCOC(=O)c1c[nH]c2ccc(NC(=O)[C@H](C)NC(=O)OCC3c4ccccc4-c4ccccc43)cc2c1=O. The van der Waals surface area contributed by atoms with E-state index in [2.05, 4.69) is 27.8 Å². The minimum atomic E-state index is -0.916. The third kappa shape index (κ3) is 5.11. The Morgan fingerprint density at radius 3 is 2.28 bits per heavy atom. The second-order valence-electron chi connectivity index (χ2n) is 9.19. The van der Waals surface area contributed by atoms with Crippen molar-refractivity contribution in [2.45, 2.75) is 25.8 Å². The van der Waals surface area contributed by atoms with Crippen LogP contribution in [0, 0.1) is 0 Å². The monoisotopic (exact) mass is 525 g/mol. The summed E-state index contributed by atoms with van der Waals surface area (Å²) in [4.78, 5) is 53.1. The number of aromatic amines is 1. The third-order valence-corrected chi connectivity index (χ3v) is 6.72. The highest BCUT2D eigenvalue weighted by Gasteiger charge is 2.29. The lowest BCUT2D eigenvalue weighted by Gasteiger charge is -2.17. The van der Waals surface area contributed by atoms with Gasteiger partial charge in [0.25, 0.3) is 0 Å². The van der Waals surface area contributed by atoms with Crippen molar-refractivity contribution in [3.05, 3.63) is 99.8 Å². The van der Waals surface area contributed by atoms with Crippen molar-refractivity contribution in [2.24, 2.45) is 0 Å². The molecule has 9 heteroatoms. The summed E-state index contributed by atoms with van der Waals surface area (Å²) >= 11 is 0. The number of esters is 1. The summed E-state index contributed by atoms with van der Waals surface area (Å²) in [5, 5.41) is 5.46. The number of aromatic nitrogens is 1. The number of hydrogen-bond donors (Lipinski definition) is 3. The van der Waals surface area contributed by atoms with Gasteiger partial charge in [0.05, 0.1) is 6.61 Å². The number of rotatable bonds is 7. The van der Waals surface area contributed by atoms with Crippen molar-refractivity contribution >= 4 is 34.6 Å². The maximum atomic E-state index is 12.8. The molecule has 3 N–H and O–H groups in total. The molecule has 0 saturated heterocycles. The van der Waals surface area contributed by atoms with E-state index >= 15 is 0 Å². The van der Waals surface area contributed by atoms with Gasteiger partial charge in [0.2, 0.25) is 11.3 Å². The Balaban J connectivity index is 1.22. The van der Waals surface area contributed by atoms with Crippen molar-refractivity contribution in [3.8, 4) is 11.1 Å². The standard InChI is InChI=1S/C30H27N3O6/c1-3-38-29(36)24-15-31-26-13-12-18(14-23(26)27(24)34)33-28(35)17(2)32-30(37)39-16-25-21-10-6-4-8-19(21)20-9-5-7-11-22(20)25/h4-15,17,25H,3,16H2,1-2H3,(H,31,34)(H,32,37)(H,33,35)/t17-/m0/s1. The van der Waals surface area contributed by atoms with Gasteiger partial charge in [-0.3, -0.25) is 9.59 Å². The first-order valence-electron chi connectivity index (χ1n) is 12.6. The molecule has 0 bridgehead atoms. The van der Waals surface area contributed by atoms with Crippen LogP contribution in [0.5, 0.6) is 0 Å². The van der Waals surface area contributed by atoms with E-state index in [0.29, 0.717) is 11.2 Å². The van der Waals surface area contributed by atoms with Gasteiger partial charge in [-0.25, -0.2) is 9.59 Å². The smallest absolute Gasteiger partial charge is 0.407 e. The number of benzene rings is 3.